The third-order valence-electron chi connectivity index (χ3n) is 6.07. The third-order valence-corrected chi connectivity index (χ3v) is 7.92. The van der Waals surface area contributed by atoms with Gasteiger partial charge in [-0.25, -0.2) is 8.42 Å². The average Bonchev–Trinajstić information content (AvgIpc) is 2.82. The molecule has 1 aliphatic heterocycles. The maximum absolute atomic E-state index is 12.9. The Kier molecular flexibility index (Phi) is 8.58. The number of hydrogen-bond donors (Lipinski definition) is 1. The van der Waals surface area contributed by atoms with Crippen LogP contribution in [0.4, 0.5) is 13.2 Å². The molecule has 3 rings (SSSR count). The fraction of sp³-hybridized carbons (Fsp3) is 0.458. The second kappa shape index (κ2) is 11.1. The van der Waals surface area contributed by atoms with E-state index >= 15 is 0 Å². The lowest BCUT2D eigenvalue weighted by Gasteiger charge is -2.38. The Balaban J connectivity index is 1.43. The summed E-state index contributed by atoms with van der Waals surface area (Å²) in [5.74, 6) is -0.268. The minimum atomic E-state index is -4.65. The quantitative estimate of drug-likeness (QED) is 0.520. The summed E-state index contributed by atoms with van der Waals surface area (Å²) in [4.78, 5) is 13.6. The highest BCUT2D eigenvalue weighted by Crippen LogP contribution is 2.31. The standard InChI is InChI=1S/C24H29F3N2O5S/c1-28(35(32,33)21-9-5-8-20(16-21)24(25,26)27)14-15-34-18-22(30)29-12-10-23(31,11-13-29)17-19-6-3-2-4-7-19/h2-9,16,31H,10-15,17-18H2,1H3. The molecule has 0 atom stereocenters. The number of sulfonamides is 1. The van der Waals surface area contributed by atoms with E-state index in [1.807, 2.05) is 30.3 Å². The topological polar surface area (TPSA) is 87.2 Å². The molecule has 1 aliphatic rings. The van der Waals surface area contributed by atoms with E-state index in [0.29, 0.717) is 38.4 Å². The van der Waals surface area contributed by atoms with Crippen LogP contribution < -0.4 is 0 Å². The van der Waals surface area contributed by atoms with Crippen LogP contribution in [0.1, 0.15) is 24.0 Å². The Labute approximate surface area is 203 Å². The molecule has 0 aromatic heterocycles. The number of alkyl halides is 3. The molecule has 2 aromatic rings. The van der Waals surface area contributed by atoms with Gasteiger partial charge >= 0.3 is 6.18 Å². The summed E-state index contributed by atoms with van der Waals surface area (Å²) in [6, 6.07) is 13.2. The maximum atomic E-state index is 12.9. The molecular weight excluding hydrogens is 485 g/mol. The summed E-state index contributed by atoms with van der Waals surface area (Å²) >= 11 is 0. The van der Waals surface area contributed by atoms with E-state index in [1.54, 1.807) is 4.90 Å². The highest BCUT2D eigenvalue weighted by Gasteiger charge is 2.34. The highest BCUT2D eigenvalue weighted by molar-refractivity contribution is 7.89. The van der Waals surface area contributed by atoms with E-state index in [-0.39, 0.29) is 25.7 Å². The zero-order chi connectivity index (χ0) is 25.7. The molecule has 0 saturated carbocycles. The summed E-state index contributed by atoms with van der Waals surface area (Å²) in [6.45, 7) is 0.272. The van der Waals surface area contributed by atoms with Crippen LogP contribution in [0.15, 0.2) is 59.5 Å². The number of amides is 1. The molecule has 1 N–H and O–H groups in total. The molecular formula is C24H29F3N2O5S. The van der Waals surface area contributed by atoms with Crippen molar-refractivity contribution in [3.8, 4) is 0 Å². The Bertz CT molecular complexity index is 1100. The smallest absolute Gasteiger partial charge is 0.389 e. The van der Waals surface area contributed by atoms with Crippen LogP contribution in [-0.4, -0.2) is 74.1 Å². The molecule has 2 aromatic carbocycles. The number of aliphatic hydroxyl groups is 1. The van der Waals surface area contributed by atoms with Gasteiger partial charge in [-0.1, -0.05) is 36.4 Å². The Morgan fingerprint density at radius 2 is 1.77 bits per heavy atom. The number of halogens is 3. The molecule has 0 unspecified atom stereocenters. The first-order valence-electron chi connectivity index (χ1n) is 11.2. The van der Waals surface area contributed by atoms with E-state index < -0.39 is 32.3 Å². The summed E-state index contributed by atoms with van der Waals surface area (Å²) < 4.78 is 70.1. The van der Waals surface area contributed by atoms with E-state index in [4.69, 9.17) is 4.74 Å². The van der Waals surface area contributed by atoms with E-state index in [0.717, 1.165) is 28.1 Å². The number of piperidine rings is 1. The first kappa shape index (κ1) is 27.1. The predicted octanol–water partition coefficient (Wildman–Crippen LogP) is 2.94. The van der Waals surface area contributed by atoms with Crippen molar-refractivity contribution in [2.24, 2.45) is 0 Å². The van der Waals surface area contributed by atoms with Gasteiger partial charge in [-0.15, -0.1) is 0 Å². The van der Waals surface area contributed by atoms with Crippen molar-refractivity contribution < 1.29 is 36.2 Å². The highest BCUT2D eigenvalue weighted by atomic mass is 32.2. The van der Waals surface area contributed by atoms with Gasteiger partial charge in [0.1, 0.15) is 6.61 Å². The second-order valence-electron chi connectivity index (χ2n) is 8.67. The summed E-state index contributed by atoms with van der Waals surface area (Å²) in [6.07, 6.45) is -3.27. The molecule has 35 heavy (non-hydrogen) atoms. The number of ether oxygens (including phenoxy) is 1. The normalized spacial score (nSPS) is 16.5. The Hall–Kier alpha value is -2.47. The maximum Gasteiger partial charge on any atom is 0.416 e. The lowest BCUT2D eigenvalue weighted by molar-refractivity contribution is -0.140. The van der Waals surface area contributed by atoms with Gasteiger partial charge in [0.05, 0.1) is 22.7 Å². The Morgan fingerprint density at radius 1 is 1.11 bits per heavy atom. The van der Waals surface area contributed by atoms with Crippen LogP contribution in [0, 0.1) is 0 Å². The Morgan fingerprint density at radius 3 is 2.40 bits per heavy atom. The van der Waals surface area contributed by atoms with Gasteiger partial charge in [-0.3, -0.25) is 4.79 Å². The van der Waals surface area contributed by atoms with Crippen LogP contribution in [0.5, 0.6) is 0 Å². The number of carbonyl (C=O) groups excluding carboxylic acids is 1. The van der Waals surface area contributed by atoms with Crippen LogP contribution >= 0.6 is 0 Å². The molecule has 7 nitrogen and oxygen atoms in total. The van der Waals surface area contributed by atoms with Crippen LogP contribution in [0.2, 0.25) is 0 Å². The SMILES string of the molecule is CN(CCOCC(=O)N1CCC(O)(Cc2ccccc2)CC1)S(=O)(=O)c1cccc(C(F)(F)F)c1. The molecule has 1 saturated heterocycles. The zero-order valence-electron chi connectivity index (χ0n) is 19.4. The zero-order valence-corrected chi connectivity index (χ0v) is 20.2. The number of likely N-dealkylation sites (N-methyl/N-ethyl adjacent to an activating group) is 1. The largest absolute Gasteiger partial charge is 0.416 e. The molecule has 0 aliphatic carbocycles. The van der Waals surface area contributed by atoms with Crippen molar-refractivity contribution in [1.29, 1.82) is 0 Å². The van der Waals surface area contributed by atoms with E-state index in [9.17, 15) is 31.5 Å². The van der Waals surface area contributed by atoms with Crippen LogP contribution in [0.25, 0.3) is 0 Å². The van der Waals surface area contributed by atoms with E-state index in [1.165, 1.54) is 7.05 Å². The molecule has 1 amide bonds. The van der Waals surface area contributed by atoms with Gasteiger partial charge in [0.25, 0.3) is 0 Å². The van der Waals surface area contributed by atoms with Crippen molar-refractivity contribution in [1.82, 2.24) is 9.21 Å². The number of likely N-dealkylation sites (tertiary alicyclic amines) is 1. The van der Waals surface area contributed by atoms with Gasteiger partial charge in [0.2, 0.25) is 15.9 Å². The number of nitrogens with zero attached hydrogens (tertiary/aromatic N) is 2. The first-order chi connectivity index (χ1) is 16.4. The predicted molar refractivity (Wildman–Crippen MR) is 123 cm³/mol. The summed E-state index contributed by atoms with van der Waals surface area (Å²) in [7, 11) is -2.92. The number of benzene rings is 2. The minimum absolute atomic E-state index is 0.105. The van der Waals surface area contributed by atoms with Gasteiger partial charge in [0, 0.05) is 33.1 Å². The fourth-order valence-electron chi connectivity index (χ4n) is 3.90. The lowest BCUT2D eigenvalue weighted by Crippen LogP contribution is -2.48. The number of hydrogen-bond acceptors (Lipinski definition) is 5. The van der Waals surface area contributed by atoms with Gasteiger partial charge in [0.15, 0.2) is 0 Å². The van der Waals surface area contributed by atoms with Crippen LogP contribution in [0.3, 0.4) is 0 Å². The third kappa shape index (κ3) is 7.26. The summed E-state index contributed by atoms with van der Waals surface area (Å²) in [5.41, 5.74) is -0.896. The molecule has 192 valence electrons. The van der Waals surface area contributed by atoms with Gasteiger partial charge in [-0.05, 0) is 36.6 Å². The summed E-state index contributed by atoms with van der Waals surface area (Å²) in [5, 5.41) is 10.8. The molecule has 1 heterocycles. The van der Waals surface area contributed by atoms with Gasteiger partial charge < -0.3 is 14.7 Å². The van der Waals surface area contributed by atoms with Crippen molar-refractivity contribution >= 4 is 15.9 Å². The van der Waals surface area contributed by atoms with Crippen molar-refractivity contribution in [2.45, 2.75) is 35.9 Å². The van der Waals surface area contributed by atoms with E-state index in [2.05, 4.69) is 0 Å². The van der Waals surface area contributed by atoms with Crippen LogP contribution in [-0.2, 0) is 32.2 Å². The molecule has 0 bridgehead atoms. The first-order valence-corrected chi connectivity index (χ1v) is 12.6. The van der Waals surface area contributed by atoms with Gasteiger partial charge in [-0.2, -0.15) is 17.5 Å². The lowest BCUT2D eigenvalue weighted by atomic mass is 9.85. The van der Waals surface area contributed by atoms with Crippen molar-refractivity contribution in [3.05, 3.63) is 65.7 Å². The number of carbonyl (C=O) groups is 1. The number of rotatable bonds is 9. The van der Waals surface area contributed by atoms with Crippen molar-refractivity contribution in [3.63, 3.8) is 0 Å². The molecule has 1 fully saturated rings. The molecule has 0 radical (unpaired) electrons. The molecule has 11 heteroatoms. The second-order valence-corrected chi connectivity index (χ2v) is 10.7. The monoisotopic (exact) mass is 514 g/mol. The average molecular weight is 515 g/mol. The van der Waals surface area contributed by atoms with Crippen molar-refractivity contribution in [2.75, 3.05) is 39.9 Å². The minimum Gasteiger partial charge on any atom is -0.389 e. The molecule has 0 spiro atoms. The fourth-order valence-corrected chi connectivity index (χ4v) is 5.10.